The molecule has 0 atom stereocenters. The van der Waals surface area contributed by atoms with Crippen molar-refractivity contribution < 1.29 is 0 Å². The molecule has 0 saturated heterocycles. The van der Waals surface area contributed by atoms with E-state index >= 15 is 0 Å². The van der Waals surface area contributed by atoms with Gasteiger partial charge >= 0.3 is 5.69 Å². The minimum Gasteiger partial charge on any atom is -0.393 e. The highest BCUT2D eigenvalue weighted by atomic mass is 79.9. The molecule has 1 aromatic heterocycles. The maximum atomic E-state index is 11.5. The predicted octanol–water partition coefficient (Wildman–Crippen LogP) is 0.870. The van der Waals surface area contributed by atoms with E-state index in [4.69, 9.17) is 5.73 Å². The highest BCUT2D eigenvalue weighted by Crippen LogP contribution is 2.12. The molecule has 6 heteroatoms. The van der Waals surface area contributed by atoms with Crippen molar-refractivity contribution in [3.63, 3.8) is 0 Å². The molecule has 16 heavy (non-hydrogen) atoms. The van der Waals surface area contributed by atoms with Crippen molar-refractivity contribution in [2.45, 2.75) is 0 Å². The molecule has 1 heterocycles. The zero-order chi connectivity index (χ0) is 11.7. The van der Waals surface area contributed by atoms with Crippen LogP contribution in [0.25, 0.3) is 5.69 Å². The van der Waals surface area contributed by atoms with Crippen LogP contribution < -0.4 is 17.0 Å². The van der Waals surface area contributed by atoms with E-state index in [1.54, 1.807) is 24.3 Å². The number of nitrogen functional groups attached to an aromatic ring is 1. The van der Waals surface area contributed by atoms with Crippen molar-refractivity contribution in [2.75, 3.05) is 5.73 Å². The average Bonchev–Trinajstić information content (AvgIpc) is 2.25. The lowest BCUT2D eigenvalue weighted by molar-refractivity contribution is 0.901. The van der Waals surface area contributed by atoms with Gasteiger partial charge in [0.1, 0.15) is 5.69 Å². The van der Waals surface area contributed by atoms with Crippen LogP contribution in [-0.4, -0.2) is 9.55 Å². The second-order valence-corrected chi connectivity index (χ2v) is 4.11. The maximum Gasteiger partial charge on any atom is 0.333 e. The highest BCUT2D eigenvalue weighted by Gasteiger charge is 2.03. The molecule has 0 spiro atoms. The van der Waals surface area contributed by atoms with E-state index in [-0.39, 0.29) is 5.69 Å². The fourth-order valence-electron chi connectivity index (χ4n) is 1.28. The number of aromatic nitrogens is 2. The lowest BCUT2D eigenvalue weighted by atomic mass is 10.3. The number of nitrogens with zero attached hydrogens (tertiary/aromatic N) is 1. The Morgan fingerprint density at radius 3 is 2.44 bits per heavy atom. The summed E-state index contributed by atoms with van der Waals surface area (Å²) < 4.78 is 2.19. The number of nitrogens with one attached hydrogen (secondary N) is 1. The summed E-state index contributed by atoms with van der Waals surface area (Å²) in [5.74, 6) is 0. The highest BCUT2D eigenvalue weighted by molar-refractivity contribution is 9.10. The molecular formula is C10H8BrN3O2. The standard InChI is InChI=1S/C10H8BrN3O2/c11-6-1-3-7(4-2-6)14-5-8(12)9(15)13-10(14)16/h1-5H,12H2,(H,13,15,16). The van der Waals surface area contributed by atoms with Gasteiger partial charge in [0.25, 0.3) is 5.56 Å². The molecule has 0 aliphatic rings. The molecule has 1 aromatic carbocycles. The number of hydrogen-bond donors (Lipinski definition) is 2. The van der Waals surface area contributed by atoms with Gasteiger partial charge in [-0.05, 0) is 24.3 Å². The summed E-state index contributed by atoms with van der Waals surface area (Å²) in [7, 11) is 0. The van der Waals surface area contributed by atoms with Gasteiger partial charge in [0.05, 0.1) is 5.69 Å². The second kappa shape index (κ2) is 3.97. The monoisotopic (exact) mass is 281 g/mol. The van der Waals surface area contributed by atoms with E-state index in [0.29, 0.717) is 5.69 Å². The second-order valence-electron chi connectivity index (χ2n) is 3.19. The van der Waals surface area contributed by atoms with Gasteiger partial charge in [-0.2, -0.15) is 0 Å². The van der Waals surface area contributed by atoms with Crippen LogP contribution in [0.1, 0.15) is 0 Å². The molecule has 0 radical (unpaired) electrons. The number of rotatable bonds is 1. The van der Waals surface area contributed by atoms with Crippen molar-refractivity contribution in [3.05, 3.63) is 55.8 Å². The van der Waals surface area contributed by atoms with Gasteiger partial charge < -0.3 is 5.73 Å². The van der Waals surface area contributed by atoms with E-state index in [9.17, 15) is 9.59 Å². The van der Waals surface area contributed by atoms with E-state index < -0.39 is 11.2 Å². The maximum absolute atomic E-state index is 11.5. The Morgan fingerprint density at radius 2 is 1.81 bits per heavy atom. The van der Waals surface area contributed by atoms with Crippen molar-refractivity contribution in [1.82, 2.24) is 9.55 Å². The molecule has 0 aliphatic carbocycles. The third-order valence-corrected chi connectivity index (χ3v) is 2.60. The number of H-pyrrole nitrogens is 1. The number of nitrogens with two attached hydrogens (primary N) is 1. The van der Waals surface area contributed by atoms with Crippen LogP contribution in [0, 0.1) is 0 Å². The van der Waals surface area contributed by atoms with E-state index in [2.05, 4.69) is 20.9 Å². The number of anilines is 1. The molecule has 0 fully saturated rings. The molecule has 0 aliphatic heterocycles. The fraction of sp³-hybridized carbons (Fsp3) is 0. The van der Waals surface area contributed by atoms with Gasteiger partial charge in [0.15, 0.2) is 0 Å². The smallest absolute Gasteiger partial charge is 0.333 e. The summed E-state index contributed by atoms with van der Waals surface area (Å²) in [6.45, 7) is 0. The summed E-state index contributed by atoms with van der Waals surface area (Å²) >= 11 is 3.29. The summed E-state index contributed by atoms with van der Waals surface area (Å²) in [4.78, 5) is 24.7. The number of benzene rings is 1. The van der Waals surface area contributed by atoms with Gasteiger partial charge in [0, 0.05) is 10.7 Å². The van der Waals surface area contributed by atoms with E-state index in [0.717, 1.165) is 4.47 Å². The van der Waals surface area contributed by atoms with E-state index in [1.807, 2.05) is 0 Å². The lowest BCUT2D eigenvalue weighted by Crippen LogP contribution is -2.29. The first kappa shape index (κ1) is 10.7. The van der Waals surface area contributed by atoms with Crippen LogP contribution in [0.15, 0.2) is 44.5 Å². The normalized spacial score (nSPS) is 10.3. The Kier molecular flexibility index (Phi) is 2.66. The van der Waals surface area contributed by atoms with Gasteiger partial charge in [-0.15, -0.1) is 0 Å². The Hall–Kier alpha value is -1.82. The predicted molar refractivity (Wildman–Crippen MR) is 64.8 cm³/mol. The molecule has 2 aromatic rings. The molecule has 5 nitrogen and oxygen atoms in total. The SMILES string of the molecule is Nc1cn(-c2ccc(Br)cc2)c(=O)[nH]c1=O. The van der Waals surface area contributed by atoms with Gasteiger partial charge in [0.2, 0.25) is 0 Å². The third-order valence-electron chi connectivity index (χ3n) is 2.07. The minimum atomic E-state index is -0.571. The lowest BCUT2D eigenvalue weighted by Gasteiger charge is -2.05. The Balaban J connectivity index is 2.65. The van der Waals surface area contributed by atoms with Gasteiger partial charge in [-0.3, -0.25) is 14.3 Å². The van der Waals surface area contributed by atoms with Crippen molar-refractivity contribution in [2.24, 2.45) is 0 Å². The first-order valence-corrected chi connectivity index (χ1v) is 5.24. The molecular weight excluding hydrogens is 274 g/mol. The average molecular weight is 282 g/mol. The summed E-state index contributed by atoms with van der Waals surface area (Å²) in [5, 5.41) is 0. The minimum absolute atomic E-state index is 0.00233. The Bertz CT molecular complexity index is 628. The molecule has 2 rings (SSSR count). The van der Waals surface area contributed by atoms with Crippen LogP contribution in [0.4, 0.5) is 5.69 Å². The van der Waals surface area contributed by atoms with Crippen LogP contribution in [0.5, 0.6) is 0 Å². The largest absolute Gasteiger partial charge is 0.393 e. The number of hydrogen-bond acceptors (Lipinski definition) is 3. The topological polar surface area (TPSA) is 80.9 Å². The zero-order valence-electron chi connectivity index (χ0n) is 8.11. The first-order valence-electron chi connectivity index (χ1n) is 4.45. The summed E-state index contributed by atoms with van der Waals surface area (Å²) in [6, 6.07) is 7.07. The summed E-state index contributed by atoms with van der Waals surface area (Å²) in [6.07, 6.45) is 1.31. The quantitative estimate of drug-likeness (QED) is 0.814. The van der Waals surface area contributed by atoms with Gasteiger partial charge in [-0.25, -0.2) is 4.79 Å². The van der Waals surface area contributed by atoms with Crippen molar-refractivity contribution in [3.8, 4) is 5.69 Å². The first-order chi connectivity index (χ1) is 7.58. The van der Waals surface area contributed by atoms with Crippen LogP contribution in [0.3, 0.4) is 0 Å². The number of halogens is 1. The van der Waals surface area contributed by atoms with Crippen molar-refractivity contribution >= 4 is 21.6 Å². The van der Waals surface area contributed by atoms with Crippen LogP contribution >= 0.6 is 15.9 Å². The third kappa shape index (κ3) is 1.92. The van der Waals surface area contributed by atoms with Crippen molar-refractivity contribution in [1.29, 1.82) is 0 Å². The molecule has 0 bridgehead atoms. The Morgan fingerprint density at radius 1 is 1.19 bits per heavy atom. The van der Waals surface area contributed by atoms with Gasteiger partial charge in [-0.1, -0.05) is 15.9 Å². The molecule has 0 unspecified atom stereocenters. The van der Waals surface area contributed by atoms with E-state index in [1.165, 1.54) is 10.8 Å². The fourth-order valence-corrected chi connectivity index (χ4v) is 1.54. The van der Waals surface area contributed by atoms with Crippen LogP contribution in [-0.2, 0) is 0 Å². The zero-order valence-corrected chi connectivity index (χ0v) is 9.69. The molecule has 82 valence electrons. The number of aromatic amines is 1. The Labute approximate surface area is 98.7 Å². The summed E-state index contributed by atoms with van der Waals surface area (Å²) in [5.41, 5.74) is 5.00. The molecule has 0 amide bonds. The molecule has 3 N–H and O–H groups in total. The molecule has 0 saturated carbocycles. The van der Waals surface area contributed by atoms with Crippen LogP contribution in [0.2, 0.25) is 0 Å².